The summed E-state index contributed by atoms with van der Waals surface area (Å²) in [5.74, 6) is -0.493. The number of benzene rings is 2. The van der Waals surface area contributed by atoms with Crippen molar-refractivity contribution in [3.63, 3.8) is 0 Å². The summed E-state index contributed by atoms with van der Waals surface area (Å²) in [5, 5.41) is 3.80. The lowest BCUT2D eigenvalue weighted by Crippen LogP contribution is -2.50. The Morgan fingerprint density at radius 2 is 1.70 bits per heavy atom. The molecule has 2 fully saturated rings. The molecule has 0 spiro atoms. The minimum absolute atomic E-state index is 0.251. The number of nitrogens with zero attached hydrogens (tertiary/aromatic N) is 2. The second kappa shape index (κ2) is 9.68. The highest BCUT2D eigenvalue weighted by Crippen LogP contribution is 2.65. The van der Waals surface area contributed by atoms with Crippen LogP contribution in [0.1, 0.15) is 64.2 Å². The van der Waals surface area contributed by atoms with Crippen LogP contribution in [0.15, 0.2) is 42.6 Å². The van der Waals surface area contributed by atoms with Gasteiger partial charge >= 0.3 is 12.1 Å². The number of amides is 2. The fourth-order valence-electron chi connectivity index (χ4n) is 6.56. The number of nitrogens with one attached hydrogen (secondary N) is 1. The first kappa shape index (κ1) is 27.7. The van der Waals surface area contributed by atoms with Crippen LogP contribution in [0.2, 0.25) is 0 Å². The van der Waals surface area contributed by atoms with Gasteiger partial charge in [-0.3, -0.25) is 9.59 Å². The van der Waals surface area contributed by atoms with Crippen molar-refractivity contribution in [1.82, 2.24) is 9.47 Å². The number of hydrogen-bond donors (Lipinski definition) is 1. The quantitative estimate of drug-likeness (QED) is 0.357. The number of carbonyl (C=O) groups excluding carboxylic acids is 3. The predicted octanol–water partition coefficient (Wildman–Crippen LogP) is 6.21. The van der Waals surface area contributed by atoms with E-state index in [1.54, 1.807) is 11.0 Å². The minimum atomic E-state index is -1.30. The van der Waals surface area contributed by atoms with Crippen molar-refractivity contribution in [2.45, 2.75) is 73.5 Å². The number of carbonyl (C=O) groups is 3. The van der Waals surface area contributed by atoms with Crippen molar-refractivity contribution in [2.24, 2.45) is 10.8 Å². The molecule has 2 atom stereocenters. The molecule has 1 saturated carbocycles. The number of rotatable bonds is 7. The van der Waals surface area contributed by atoms with Gasteiger partial charge in [-0.15, -0.1) is 0 Å². The van der Waals surface area contributed by atoms with Gasteiger partial charge in [-0.2, -0.15) is 0 Å². The van der Waals surface area contributed by atoms with E-state index >= 15 is 0 Å². The maximum atomic E-state index is 14.1. The highest BCUT2D eigenvalue weighted by atomic mass is 16.6. The number of anilines is 1. The smallest absolute Gasteiger partial charge is 0.415 e. The Labute approximate surface area is 235 Å². The normalized spacial score (nSPS) is 22.8. The summed E-state index contributed by atoms with van der Waals surface area (Å²) in [5.41, 5.74) is 2.09. The molecule has 5 rings (SSSR count). The van der Waals surface area contributed by atoms with E-state index in [0.717, 1.165) is 10.9 Å². The summed E-state index contributed by atoms with van der Waals surface area (Å²) in [6.45, 7) is 15.3. The third-order valence-corrected chi connectivity index (χ3v) is 9.46. The van der Waals surface area contributed by atoms with Crippen LogP contribution >= 0.6 is 0 Å². The topological polar surface area (TPSA) is 89.9 Å². The van der Waals surface area contributed by atoms with Crippen LogP contribution in [0.4, 0.5) is 10.5 Å². The fourth-order valence-corrected chi connectivity index (χ4v) is 6.56. The molecule has 8 heteroatoms. The fraction of sp³-hybridized carbons (Fsp3) is 0.469. The van der Waals surface area contributed by atoms with Gasteiger partial charge in [0.25, 0.3) is 5.91 Å². The molecular weight excluding hydrogens is 506 g/mol. The monoisotopic (exact) mass is 545 g/mol. The Balaban J connectivity index is 1.56. The maximum absolute atomic E-state index is 14.1. The first-order valence-corrected chi connectivity index (χ1v) is 14.1. The summed E-state index contributed by atoms with van der Waals surface area (Å²) < 4.78 is 13.8. The molecule has 40 heavy (non-hydrogen) atoms. The van der Waals surface area contributed by atoms with Gasteiger partial charge in [0.2, 0.25) is 0 Å². The largest absolute Gasteiger partial charge is 0.448 e. The van der Waals surface area contributed by atoms with Crippen LogP contribution in [0.25, 0.3) is 10.9 Å². The molecule has 2 heterocycles. The van der Waals surface area contributed by atoms with Crippen LogP contribution in [0.3, 0.4) is 0 Å². The first-order chi connectivity index (χ1) is 18.9. The molecule has 212 valence electrons. The van der Waals surface area contributed by atoms with Crippen LogP contribution < -0.4 is 10.1 Å². The molecule has 0 radical (unpaired) electrons. The van der Waals surface area contributed by atoms with Gasteiger partial charge in [-0.25, -0.2) is 4.79 Å². The summed E-state index contributed by atoms with van der Waals surface area (Å²) in [6.07, 6.45) is 2.49. The van der Waals surface area contributed by atoms with Crippen LogP contribution in [0.5, 0.6) is 5.75 Å². The van der Waals surface area contributed by atoms with E-state index in [4.69, 9.17) is 9.47 Å². The summed E-state index contributed by atoms with van der Waals surface area (Å²) in [7, 11) is 0. The molecule has 8 nitrogen and oxygen atoms in total. The number of aromatic nitrogens is 1. The lowest BCUT2D eigenvalue weighted by atomic mass is 9.66. The number of esters is 1. The minimum Gasteiger partial charge on any atom is -0.448 e. The molecular formula is C32H39N3O5. The first-order valence-electron chi connectivity index (χ1n) is 14.1. The van der Waals surface area contributed by atoms with E-state index in [2.05, 4.69) is 41.9 Å². The molecule has 1 aliphatic carbocycles. The lowest BCUT2D eigenvalue weighted by molar-refractivity contribution is -0.165. The molecule has 2 aliphatic rings. The standard InChI is InChI=1S/C32H39N3O5/c1-8-34(9-2)29(38)39-25-11-10-24-23(12-15-35(24)19-22-17-20(3)16-21(4)18-22)26(25)33-27(36)32-14-13-31(7,28(37)40-32)30(32,5)6/h10-12,15-18H,8-9,13-14,19H2,1-7H3,(H,33,36)/t31-,32+/m0/s1. The van der Waals surface area contributed by atoms with E-state index in [1.807, 2.05) is 52.9 Å². The number of fused-ring (bicyclic) bond motifs is 3. The van der Waals surface area contributed by atoms with Crippen molar-refractivity contribution < 1.29 is 23.9 Å². The Morgan fingerprint density at radius 1 is 1.02 bits per heavy atom. The predicted molar refractivity (Wildman–Crippen MR) is 154 cm³/mol. The highest BCUT2D eigenvalue weighted by molar-refractivity contribution is 6.09. The zero-order chi connectivity index (χ0) is 29.0. The van der Waals surface area contributed by atoms with Crippen LogP contribution in [-0.2, 0) is 20.9 Å². The molecule has 1 aromatic heterocycles. The third kappa shape index (κ3) is 4.07. The van der Waals surface area contributed by atoms with E-state index in [9.17, 15) is 14.4 Å². The number of ether oxygens (including phenoxy) is 2. The van der Waals surface area contributed by atoms with Crippen molar-refractivity contribution in [2.75, 3.05) is 18.4 Å². The van der Waals surface area contributed by atoms with Crippen molar-refractivity contribution in [3.8, 4) is 5.75 Å². The number of hydrogen-bond acceptors (Lipinski definition) is 5. The van der Waals surface area contributed by atoms with Gasteiger partial charge in [0.1, 0.15) is 0 Å². The van der Waals surface area contributed by atoms with Crippen molar-refractivity contribution in [3.05, 3.63) is 59.3 Å². The van der Waals surface area contributed by atoms with E-state index in [1.165, 1.54) is 16.7 Å². The molecule has 2 aromatic carbocycles. The molecule has 1 N–H and O–H groups in total. The summed E-state index contributed by atoms with van der Waals surface area (Å²) in [6, 6.07) is 12.0. The van der Waals surface area contributed by atoms with Gasteiger partial charge in [-0.1, -0.05) is 43.2 Å². The van der Waals surface area contributed by atoms with E-state index < -0.39 is 28.4 Å². The van der Waals surface area contributed by atoms with Gasteiger partial charge in [-0.05, 0) is 71.2 Å². The van der Waals surface area contributed by atoms with Crippen LogP contribution in [0, 0.1) is 24.7 Å². The molecule has 2 amide bonds. The SMILES string of the molecule is CCN(CC)C(=O)Oc1ccc2c(ccn2Cc2cc(C)cc(C)c2)c1NC(=O)[C@@]12CC[C@@](C)(C(=O)O1)C2(C)C. The Hall–Kier alpha value is -3.81. The Kier molecular flexibility index (Phi) is 6.71. The van der Waals surface area contributed by atoms with Crippen LogP contribution in [-0.4, -0.2) is 46.1 Å². The van der Waals surface area contributed by atoms with Gasteiger partial charge in [0.05, 0.1) is 16.6 Å². The average Bonchev–Trinajstić information content (AvgIpc) is 3.42. The molecule has 2 bridgehead atoms. The van der Waals surface area contributed by atoms with Gasteiger partial charge in [0, 0.05) is 36.6 Å². The van der Waals surface area contributed by atoms with E-state index in [-0.39, 0.29) is 11.7 Å². The maximum Gasteiger partial charge on any atom is 0.415 e. The van der Waals surface area contributed by atoms with E-state index in [0.29, 0.717) is 38.2 Å². The Bertz CT molecular complexity index is 1500. The second-order valence-electron chi connectivity index (χ2n) is 12.0. The van der Waals surface area contributed by atoms with Crippen molar-refractivity contribution >= 4 is 34.6 Å². The zero-order valence-corrected chi connectivity index (χ0v) is 24.5. The average molecular weight is 546 g/mol. The molecule has 3 aromatic rings. The third-order valence-electron chi connectivity index (χ3n) is 9.46. The Morgan fingerprint density at radius 3 is 2.27 bits per heavy atom. The zero-order valence-electron chi connectivity index (χ0n) is 24.5. The molecule has 0 unspecified atom stereocenters. The highest BCUT2D eigenvalue weighted by Gasteiger charge is 2.75. The van der Waals surface area contributed by atoms with Gasteiger partial charge in [0.15, 0.2) is 11.4 Å². The van der Waals surface area contributed by atoms with Gasteiger partial charge < -0.3 is 24.3 Å². The molecule has 1 saturated heterocycles. The summed E-state index contributed by atoms with van der Waals surface area (Å²) in [4.78, 5) is 41.4. The number of aryl methyl sites for hydroxylation is 2. The lowest BCUT2D eigenvalue weighted by Gasteiger charge is -2.35. The van der Waals surface area contributed by atoms with Crippen molar-refractivity contribution in [1.29, 1.82) is 0 Å². The second-order valence-corrected chi connectivity index (χ2v) is 12.0. The molecule has 1 aliphatic heterocycles. The summed E-state index contributed by atoms with van der Waals surface area (Å²) >= 11 is 0.